The molecule has 1 unspecified atom stereocenters. The molecule has 0 spiro atoms. The molecule has 1 aliphatic rings. The first kappa shape index (κ1) is 18.4. The zero-order chi connectivity index (χ0) is 19.5. The van der Waals surface area contributed by atoms with Crippen LogP contribution >= 0.6 is 0 Å². The van der Waals surface area contributed by atoms with Gasteiger partial charge in [0.2, 0.25) is 5.91 Å². The van der Waals surface area contributed by atoms with Gasteiger partial charge in [0.15, 0.2) is 0 Å². The molecule has 2 atom stereocenters. The van der Waals surface area contributed by atoms with Crippen LogP contribution in [0.3, 0.4) is 0 Å². The Morgan fingerprint density at radius 2 is 2.11 bits per heavy atom. The molecule has 1 amide bonds. The van der Waals surface area contributed by atoms with Crippen molar-refractivity contribution >= 4 is 5.91 Å². The van der Waals surface area contributed by atoms with E-state index in [9.17, 15) is 4.79 Å². The van der Waals surface area contributed by atoms with E-state index in [1.165, 1.54) is 22.3 Å². The summed E-state index contributed by atoms with van der Waals surface area (Å²) in [6, 6.07) is 16.1. The van der Waals surface area contributed by atoms with Crippen molar-refractivity contribution in [3.63, 3.8) is 0 Å². The Kier molecular flexibility index (Phi) is 5.26. The number of benzene rings is 2. The third-order valence-electron chi connectivity index (χ3n) is 5.36. The van der Waals surface area contributed by atoms with Gasteiger partial charge in [-0.15, -0.1) is 0 Å². The van der Waals surface area contributed by atoms with Gasteiger partial charge >= 0.3 is 0 Å². The Bertz CT molecular complexity index is 964. The highest BCUT2D eigenvalue weighted by atomic mass is 16.2. The molecule has 2 aromatic carbocycles. The Labute approximate surface area is 165 Å². The van der Waals surface area contributed by atoms with Crippen molar-refractivity contribution in [3.05, 3.63) is 89.0 Å². The van der Waals surface area contributed by atoms with Crippen LogP contribution in [0.5, 0.6) is 0 Å². The van der Waals surface area contributed by atoms with E-state index in [0.717, 1.165) is 25.1 Å². The maximum Gasteiger partial charge on any atom is 0.237 e. The lowest BCUT2D eigenvalue weighted by Gasteiger charge is -2.17. The number of carbonyl (C=O) groups is 1. The van der Waals surface area contributed by atoms with Gasteiger partial charge in [0.05, 0.1) is 24.1 Å². The highest BCUT2D eigenvalue weighted by Gasteiger charge is 2.26. The van der Waals surface area contributed by atoms with Gasteiger partial charge in [0.25, 0.3) is 0 Å². The molecule has 1 heterocycles. The summed E-state index contributed by atoms with van der Waals surface area (Å²) in [4.78, 5) is 17.0. The summed E-state index contributed by atoms with van der Waals surface area (Å²) in [5.41, 5.74) is 12.0. The number of aromatic nitrogens is 2. The molecule has 1 aromatic heterocycles. The number of fused-ring (bicyclic) bond motifs is 1. The molecule has 0 saturated heterocycles. The summed E-state index contributed by atoms with van der Waals surface area (Å²) < 4.78 is 2.02. The van der Waals surface area contributed by atoms with E-state index in [1.54, 1.807) is 6.33 Å². The van der Waals surface area contributed by atoms with Crippen molar-refractivity contribution in [1.82, 2.24) is 14.9 Å². The van der Waals surface area contributed by atoms with Gasteiger partial charge in [0, 0.05) is 19.2 Å². The van der Waals surface area contributed by atoms with Gasteiger partial charge in [-0.05, 0) is 36.5 Å². The number of hydrogen-bond acceptors (Lipinski definition) is 3. The predicted octanol–water partition coefficient (Wildman–Crippen LogP) is 2.91. The van der Waals surface area contributed by atoms with E-state index in [1.807, 2.05) is 29.0 Å². The van der Waals surface area contributed by atoms with E-state index in [2.05, 4.69) is 47.6 Å². The average molecular weight is 374 g/mol. The monoisotopic (exact) mass is 374 g/mol. The second-order valence-corrected chi connectivity index (χ2v) is 7.64. The first-order valence-electron chi connectivity index (χ1n) is 9.78. The Morgan fingerprint density at radius 3 is 2.93 bits per heavy atom. The minimum Gasteiger partial charge on any atom is -0.348 e. The van der Waals surface area contributed by atoms with E-state index in [0.29, 0.717) is 6.42 Å². The van der Waals surface area contributed by atoms with Crippen molar-refractivity contribution in [3.8, 4) is 0 Å². The summed E-state index contributed by atoms with van der Waals surface area (Å²) in [7, 11) is 0. The Morgan fingerprint density at radius 1 is 1.29 bits per heavy atom. The molecule has 144 valence electrons. The molecule has 0 fully saturated rings. The van der Waals surface area contributed by atoms with E-state index in [4.69, 9.17) is 5.73 Å². The molecule has 1 aliphatic carbocycles. The summed E-state index contributed by atoms with van der Waals surface area (Å²) in [5.74, 6) is -0.114. The molecule has 0 saturated carbocycles. The van der Waals surface area contributed by atoms with Gasteiger partial charge in [0.1, 0.15) is 0 Å². The SMILES string of the molecule is Cc1ccc2c(c1)C(NC(=O)[C@@H](N)Cc1cn(Cc3ccccc3)cn1)CC2. The van der Waals surface area contributed by atoms with Gasteiger partial charge in [-0.2, -0.15) is 0 Å². The number of amides is 1. The third-order valence-corrected chi connectivity index (χ3v) is 5.36. The number of aryl methyl sites for hydroxylation is 2. The standard InChI is InChI=1S/C23H26N4O/c1-16-7-8-18-9-10-22(20(18)11-16)26-23(28)21(24)12-19-14-27(15-25-19)13-17-5-3-2-4-6-17/h2-8,11,14-15,21-22H,9-10,12-13,24H2,1H3,(H,26,28)/t21-,22?/m0/s1. The number of nitrogens with two attached hydrogens (primary N) is 1. The highest BCUT2D eigenvalue weighted by molar-refractivity contribution is 5.82. The zero-order valence-electron chi connectivity index (χ0n) is 16.1. The quantitative estimate of drug-likeness (QED) is 0.697. The first-order valence-corrected chi connectivity index (χ1v) is 9.78. The van der Waals surface area contributed by atoms with Crippen LogP contribution in [0.25, 0.3) is 0 Å². The van der Waals surface area contributed by atoms with Crippen LogP contribution in [0.1, 0.15) is 40.4 Å². The predicted molar refractivity (Wildman–Crippen MR) is 110 cm³/mol. The number of carbonyl (C=O) groups excluding carboxylic acids is 1. The van der Waals surface area contributed by atoms with E-state index >= 15 is 0 Å². The fourth-order valence-electron chi connectivity index (χ4n) is 3.86. The molecular weight excluding hydrogens is 348 g/mol. The lowest BCUT2D eigenvalue weighted by atomic mass is 10.0. The van der Waals surface area contributed by atoms with Crippen molar-refractivity contribution < 1.29 is 4.79 Å². The van der Waals surface area contributed by atoms with Gasteiger partial charge < -0.3 is 15.6 Å². The van der Waals surface area contributed by atoms with Gasteiger partial charge in [-0.25, -0.2) is 4.98 Å². The van der Waals surface area contributed by atoms with Crippen molar-refractivity contribution in [2.24, 2.45) is 5.73 Å². The zero-order valence-corrected chi connectivity index (χ0v) is 16.1. The molecule has 5 heteroatoms. The molecule has 0 aliphatic heterocycles. The maximum atomic E-state index is 12.6. The summed E-state index contributed by atoms with van der Waals surface area (Å²) >= 11 is 0. The smallest absolute Gasteiger partial charge is 0.237 e. The lowest BCUT2D eigenvalue weighted by Crippen LogP contribution is -2.43. The van der Waals surface area contributed by atoms with E-state index < -0.39 is 6.04 Å². The summed E-state index contributed by atoms with van der Waals surface area (Å²) in [6.45, 7) is 2.84. The minimum absolute atomic E-state index is 0.0593. The van der Waals surface area contributed by atoms with Crippen LogP contribution in [-0.2, 0) is 24.2 Å². The Hall–Kier alpha value is -2.92. The van der Waals surface area contributed by atoms with Crippen molar-refractivity contribution in [2.75, 3.05) is 0 Å². The lowest BCUT2D eigenvalue weighted by molar-refractivity contribution is -0.123. The molecular formula is C23H26N4O. The largest absolute Gasteiger partial charge is 0.348 e. The molecule has 0 bridgehead atoms. The topological polar surface area (TPSA) is 72.9 Å². The molecule has 4 rings (SSSR count). The average Bonchev–Trinajstić information content (AvgIpc) is 3.29. The minimum atomic E-state index is -0.603. The van der Waals surface area contributed by atoms with Gasteiger partial charge in [-0.3, -0.25) is 4.79 Å². The number of nitrogens with zero attached hydrogens (tertiary/aromatic N) is 2. The summed E-state index contributed by atoms with van der Waals surface area (Å²) in [6.07, 6.45) is 6.13. The van der Waals surface area contributed by atoms with Crippen LogP contribution < -0.4 is 11.1 Å². The first-order chi connectivity index (χ1) is 13.6. The van der Waals surface area contributed by atoms with Crippen LogP contribution in [0.4, 0.5) is 0 Å². The second-order valence-electron chi connectivity index (χ2n) is 7.64. The third kappa shape index (κ3) is 4.15. The van der Waals surface area contributed by atoms with Crippen molar-refractivity contribution in [1.29, 1.82) is 0 Å². The van der Waals surface area contributed by atoms with Crippen LogP contribution in [0, 0.1) is 6.92 Å². The van der Waals surface area contributed by atoms with E-state index in [-0.39, 0.29) is 11.9 Å². The summed E-state index contributed by atoms with van der Waals surface area (Å²) in [5, 5.41) is 3.13. The second kappa shape index (κ2) is 7.98. The number of imidazole rings is 1. The normalized spacial score (nSPS) is 16.6. The van der Waals surface area contributed by atoms with Crippen LogP contribution in [0.2, 0.25) is 0 Å². The van der Waals surface area contributed by atoms with Crippen LogP contribution in [0.15, 0.2) is 61.1 Å². The molecule has 3 N–H and O–H groups in total. The maximum absolute atomic E-state index is 12.6. The van der Waals surface area contributed by atoms with Crippen LogP contribution in [-0.4, -0.2) is 21.5 Å². The number of hydrogen-bond donors (Lipinski definition) is 2. The fourth-order valence-corrected chi connectivity index (χ4v) is 3.86. The molecule has 5 nitrogen and oxygen atoms in total. The Balaban J connectivity index is 1.35. The molecule has 0 radical (unpaired) electrons. The highest BCUT2D eigenvalue weighted by Crippen LogP contribution is 2.31. The van der Waals surface area contributed by atoms with Crippen molar-refractivity contribution in [2.45, 2.75) is 44.8 Å². The number of rotatable bonds is 6. The fraction of sp³-hybridized carbons (Fsp3) is 0.304. The molecule has 28 heavy (non-hydrogen) atoms. The molecule has 3 aromatic rings. The number of nitrogens with one attached hydrogen (secondary N) is 1. The van der Waals surface area contributed by atoms with Gasteiger partial charge in [-0.1, -0.05) is 54.1 Å².